The summed E-state index contributed by atoms with van der Waals surface area (Å²) in [7, 11) is 0. The number of aliphatic hydroxyl groups is 1. The number of aromatic nitrogens is 1. The van der Waals surface area contributed by atoms with Crippen molar-refractivity contribution in [3.8, 4) is 11.3 Å². The zero-order valence-corrected chi connectivity index (χ0v) is 27.9. The minimum atomic E-state index is -0.358. The third-order valence-electron chi connectivity index (χ3n) is 14.1. The van der Waals surface area contributed by atoms with Crippen LogP contribution < -0.4 is 0 Å². The summed E-state index contributed by atoms with van der Waals surface area (Å²) in [6, 6.07) is 11.7. The van der Waals surface area contributed by atoms with E-state index in [2.05, 4.69) is 43.1 Å². The van der Waals surface area contributed by atoms with Gasteiger partial charge < -0.3 is 14.8 Å². The maximum absolute atomic E-state index is 14.3. The summed E-state index contributed by atoms with van der Waals surface area (Å²) in [6.45, 7) is 6.00. The summed E-state index contributed by atoms with van der Waals surface area (Å²) in [6.07, 6.45) is 16.8. The van der Waals surface area contributed by atoms with Gasteiger partial charge in [0.2, 0.25) is 0 Å². The second kappa shape index (κ2) is 11.9. The predicted molar refractivity (Wildman–Crippen MR) is 181 cm³/mol. The number of aromatic amines is 1. The van der Waals surface area contributed by atoms with Gasteiger partial charge in [-0.2, -0.15) is 0 Å². The Labute approximate surface area is 273 Å². The monoisotopic (exact) mass is 625 g/mol. The average Bonchev–Trinajstić information content (AvgIpc) is 3.52. The maximum Gasteiger partial charge on any atom is 0.163 e. The molecule has 4 nitrogen and oxygen atoms in total. The highest BCUT2D eigenvalue weighted by Crippen LogP contribution is 2.66. The first-order valence-corrected chi connectivity index (χ1v) is 18.5. The number of rotatable bonds is 7. The SMILES string of the molecule is C[C@]12CCC(O)C[C@@H]1CC[C@@H]1[C@@H]2CC[C@]2(C)[C@@H](OCCCCc3ccc(-c4[nH]c5cc(F)cc6c5c4CCCC6=O)cc3)CC[C@@H]12. The van der Waals surface area contributed by atoms with Crippen molar-refractivity contribution in [2.24, 2.45) is 34.5 Å². The Morgan fingerprint density at radius 1 is 0.935 bits per heavy atom. The number of ketones is 1. The van der Waals surface area contributed by atoms with Gasteiger partial charge in [-0.3, -0.25) is 4.79 Å². The van der Waals surface area contributed by atoms with Crippen molar-refractivity contribution in [2.45, 2.75) is 122 Å². The average molecular weight is 626 g/mol. The van der Waals surface area contributed by atoms with Crippen molar-refractivity contribution in [1.82, 2.24) is 4.98 Å². The minimum Gasteiger partial charge on any atom is -0.393 e. The van der Waals surface area contributed by atoms with Gasteiger partial charge in [0.1, 0.15) is 5.82 Å². The molecule has 0 saturated heterocycles. The van der Waals surface area contributed by atoms with Crippen LogP contribution in [-0.2, 0) is 17.6 Å². The van der Waals surface area contributed by atoms with Crippen LogP contribution in [0.2, 0.25) is 0 Å². The van der Waals surface area contributed by atoms with E-state index in [0.717, 1.165) is 103 Å². The zero-order valence-electron chi connectivity index (χ0n) is 27.9. The Kier molecular flexibility index (Phi) is 7.96. The van der Waals surface area contributed by atoms with Gasteiger partial charge in [0.25, 0.3) is 0 Å². The molecule has 1 heterocycles. The van der Waals surface area contributed by atoms with E-state index in [-0.39, 0.29) is 17.7 Å². The Bertz CT molecular complexity index is 1610. The van der Waals surface area contributed by atoms with E-state index in [1.807, 2.05) is 0 Å². The zero-order chi connectivity index (χ0) is 31.6. The van der Waals surface area contributed by atoms with Crippen molar-refractivity contribution < 1.29 is 19.0 Å². The predicted octanol–water partition coefficient (Wildman–Crippen LogP) is 9.60. The van der Waals surface area contributed by atoms with Crippen molar-refractivity contribution in [1.29, 1.82) is 0 Å². The fourth-order valence-corrected chi connectivity index (χ4v) is 11.6. The highest BCUT2D eigenvalue weighted by molar-refractivity contribution is 6.11. The van der Waals surface area contributed by atoms with Crippen molar-refractivity contribution in [3.05, 3.63) is 58.9 Å². The van der Waals surface area contributed by atoms with Crippen LogP contribution in [0.3, 0.4) is 0 Å². The highest BCUT2D eigenvalue weighted by atomic mass is 19.1. The van der Waals surface area contributed by atoms with Gasteiger partial charge in [-0.05, 0) is 153 Å². The molecule has 5 heteroatoms. The number of aryl methyl sites for hydroxylation is 2. The number of ether oxygens (including phenoxy) is 1. The Balaban J connectivity index is 0.857. The number of fused-ring (bicyclic) bond motifs is 5. The first kappa shape index (κ1) is 30.8. The molecule has 0 bridgehead atoms. The molecule has 8 rings (SSSR count). The van der Waals surface area contributed by atoms with Crippen molar-refractivity contribution in [3.63, 3.8) is 0 Å². The van der Waals surface area contributed by atoms with E-state index in [9.17, 15) is 14.3 Å². The van der Waals surface area contributed by atoms with Crippen LogP contribution in [0.15, 0.2) is 36.4 Å². The molecule has 0 radical (unpaired) electrons. The lowest BCUT2D eigenvalue weighted by Crippen LogP contribution is -2.54. The number of carbonyl (C=O) groups excluding carboxylic acids is 1. The third kappa shape index (κ3) is 5.10. The number of benzene rings is 2. The molecule has 5 aliphatic carbocycles. The lowest BCUT2D eigenvalue weighted by Gasteiger charge is -2.60. The quantitative estimate of drug-likeness (QED) is 0.257. The van der Waals surface area contributed by atoms with E-state index < -0.39 is 0 Å². The number of carbonyl (C=O) groups is 1. The van der Waals surface area contributed by atoms with E-state index >= 15 is 0 Å². The van der Waals surface area contributed by atoms with Crippen LogP contribution in [0.4, 0.5) is 4.39 Å². The summed E-state index contributed by atoms with van der Waals surface area (Å²) in [5.41, 5.74) is 6.62. The summed E-state index contributed by atoms with van der Waals surface area (Å²) in [5.74, 6) is 2.91. The van der Waals surface area contributed by atoms with Gasteiger partial charge in [0.15, 0.2) is 5.78 Å². The molecule has 5 aliphatic rings. The summed E-state index contributed by atoms with van der Waals surface area (Å²) < 4.78 is 21.0. The number of unbranched alkanes of at least 4 members (excludes halogenated alkanes) is 1. The van der Waals surface area contributed by atoms with Gasteiger partial charge in [-0.15, -0.1) is 0 Å². The topological polar surface area (TPSA) is 62.3 Å². The number of Topliss-reactive ketones (excluding diaryl/α,β-unsaturated/α-hetero) is 1. The van der Waals surface area contributed by atoms with Crippen LogP contribution in [-0.4, -0.2) is 34.7 Å². The molecule has 246 valence electrons. The molecule has 4 saturated carbocycles. The molecule has 3 aromatic rings. The summed E-state index contributed by atoms with van der Waals surface area (Å²) in [5, 5.41) is 11.3. The van der Waals surface area contributed by atoms with Crippen LogP contribution in [0.1, 0.15) is 119 Å². The number of aliphatic hydroxyl groups excluding tert-OH is 1. The molecule has 2 aromatic carbocycles. The van der Waals surface area contributed by atoms with Gasteiger partial charge in [-0.25, -0.2) is 4.39 Å². The molecular formula is C41H52FNO3. The van der Waals surface area contributed by atoms with E-state index in [1.165, 1.54) is 62.6 Å². The first-order chi connectivity index (χ1) is 22.2. The van der Waals surface area contributed by atoms with Crippen LogP contribution in [0, 0.1) is 40.3 Å². The number of H-pyrrole nitrogens is 1. The fourth-order valence-electron chi connectivity index (χ4n) is 11.6. The molecule has 1 aromatic heterocycles. The van der Waals surface area contributed by atoms with E-state index in [1.54, 1.807) is 0 Å². The standard InChI is InChI=1S/C41H52FNO3/c1-40-19-17-29(44)22-27(40)13-14-30-33-15-16-37(41(33,2)20-18-34(30)40)46-21-4-3-6-25-9-11-26(12-10-25)39-31-7-5-8-36(45)32-23-28(42)24-35(43-39)38(31)32/h9-12,23-24,27,29-30,33-34,37,43-44H,3-8,13-22H2,1-2H3/t27-,29?,30-,33-,34-,37-,40-,41-/m0/s1. The molecule has 0 aliphatic heterocycles. The smallest absolute Gasteiger partial charge is 0.163 e. The van der Waals surface area contributed by atoms with Crippen molar-refractivity contribution >= 4 is 16.7 Å². The van der Waals surface area contributed by atoms with Gasteiger partial charge in [0, 0.05) is 35.2 Å². The van der Waals surface area contributed by atoms with Gasteiger partial charge in [0.05, 0.1) is 12.2 Å². The lowest BCUT2D eigenvalue weighted by molar-refractivity contribution is -0.141. The Hall–Kier alpha value is -2.50. The number of halogens is 1. The Morgan fingerprint density at radius 2 is 1.74 bits per heavy atom. The second-order valence-electron chi connectivity index (χ2n) is 16.4. The van der Waals surface area contributed by atoms with Crippen molar-refractivity contribution in [2.75, 3.05) is 6.61 Å². The molecular weight excluding hydrogens is 573 g/mol. The number of nitrogens with one attached hydrogen (secondary N) is 1. The Morgan fingerprint density at radius 3 is 2.59 bits per heavy atom. The highest BCUT2D eigenvalue weighted by Gasteiger charge is 2.60. The first-order valence-electron chi connectivity index (χ1n) is 18.5. The third-order valence-corrected chi connectivity index (χ3v) is 14.1. The van der Waals surface area contributed by atoms with Crippen LogP contribution >= 0.6 is 0 Å². The molecule has 0 spiro atoms. The van der Waals surface area contributed by atoms with Crippen LogP contribution in [0.5, 0.6) is 0 Å². The molecule has 0 amide bonds. The molecule has 8 atom stereocenters. The number of hydrogen-bond donors (Lipinski definition) is 2. The number of hydrogen-bond acceptors (Lipinski definition) is 3. The fraction of sp³-hybridized carbons (Fsp3) is 0.634. The largest absolute Gasteiger partial charge is 0.393 e. The normalized spacial score (nSPS) is 35.4. The van der Waals surface area contributed by atoms with Crippen LogP contribution in [0.25, 0.3) is 22.2 Å². The molecule has 46 heavy (non-hydrogen) atoms. The summed E-state index contributed by atoms with van der Waals surface area (Å²) in [4.78, 5) is 16.1. The maximum atomic E-state index is 14.3. The van der Waals surface area contributed by atoms with E-state index in [0.29, 0.717) is 28.9 Å². The lowest BCUT2D eigenvalue weighted by atomic mass is 9.45. The minimum absolute atomic E-state index is 0.0422. The van der Waals surface area contributed by atoms with Gasteiger partial charge in [-0.1, -0.05) is 38.1 Å². The van der Waals surface area contributed by atoms with Gasteiger partial charge >= 0.3 is 0 Å². The molecule has 1 unspecified atom stereocenters. The molecule has 4 fully saturated rings. The molecule has 2 N–H and O–H groups in total. The summed E-state index contributed by atoms with van der Waals surface area (Å²) >= 11 is 0. The van der Waals surface area contributed by atoms with E-state index in [4.69, 9.17) is 4.74 Å². The second-order valence-corrected chi connectivity index (χ2v) is 16.4.